The van der Waals surface area contributed by atoms with E-state index in [0.29, 0.717) is 30.3 Å². The zero-order valence-corrected chi connectivity index (χ0v) is 23.6. The van der Waals surface area contributed by atoms with E-state index >= 15 is 0 Å². The van der Waals surface area contributed by atoms with Gasteiger partial charge in [-0.2, -0.15) is 4.31 Å². The molecule has 2 heterocycles. The van der Waals surface area contributed by atoms with E-state index in [4.69, 9.17) is 14.2 Å². The molecule has 1 N–H and O–H groups in total. The smallest absolute Gasteiger partial charge is 0.247 e. The number of benzene rings is 2. The summed E-state index contributed by atoms with van der Waals surface area (Å²) >= 11 is 0. The SMILES string of the molecule is CC(C)CC#Cc1ccc2c(c1)O[C@H](CN(C)Cc1ccc3c(c1)OCO3)[C@H](C)CN([C@@H](C)CO)S2(=O)=O. The number of rotatable bonds is 7. The average molecular weight is 543 g/mol. The van der Waals surface area contributed by atoms with Gasteiger partial charge in [0.25, 0.3) is 0 Å². The lowest BCUT2D eigenvalue weighted by molar-refractivity contribution is 0.0733. The van der Waals surface area contributed by atoms with Gasteiger partial charge in [-0.15, -0.1) is 0 Å². The summed E-state index contributed by atoms with van der Waals surface area (Å²) in [5, 5.41) is 9.86. The first-order valence-corrected chi connectivity index (χ1v) is 14.5. The van der Waals surface area contributed by atoms with Crippen LogP contribution in [-0.4, -0.2) is 68.4 Å². The third-order valence-corrected chi connectivity index (χ3v) is 8.81. The lowest BCUT2D eigenvalue weighted by Crippen LogP contribution is -2.49. The first kappa shape index (κ1) is 28.2. The van der Waals surface area contributed by atoms with Crippen LogP contribution >= 0.6 is 0 Å². The lowest BCUT2D eigenvalue weighted by Gasteiger charge is -2.37. The number of fused-ring (bicyclic) bond motifs is 2. The normalized spacial score (nSPS) is 21.2. The van der Waals surface area contributed by atoms with E-state index in [0.717, 1.165) is 23.5 Å². The Labute approximate surface area is 226 Å². The minimum absolute atomic E-state index is 0.0996. The van der Waals surface area contributed by atoms with Gasteiger partial charge in [0.2, 0.25) is 16.8 Å². The maximum Gasteiger partial charge on any atom is 0.247 e. The molecular formula is C29H38N2O6S. The summed E-state index contributed by atoms with van der Waals surface area (Å²) in [4.78, 5) is 2.25. The van der Waals surface area contributed by atoms with Crippen LogP contribution in [0.3, 0.4) is 0 Å². The van der Waals surface area contributed by atoms with Crippen molar-refractivity contribution in [2.45, 2.75) is 57.7 Å². The Morgan fingerprint density at radius 3 is 2.61 bits per heavy atom. The van der Waals surface area contributed by atoms with Gasteiger partial charge in [-0.1, -0.05) is 38.7 Å². The minimum Gasteiger partial charge on any atom is -0.487 e. The van der Waals surface area contributed by atoms with Gasteiger partial charge in [0, 0.05) is 43.6 Å². The van der Waals surface area contributed by atoms with E-state index in [2.05, 4.69) is 30.6 Å². The van der Waals surface area contributed by atoms with E-state index in [9.17, 15) is 13.5 Å². The van der Waals surface area contributed by atoms with E-state index in [-0.39, 0.29) is 36.9 Å². The molecule has 2 aromatic rings. The number of aliphatic hydroxyl groups is 1. The van der Waals surface area contributed by atoms with Crippen molar-refractivity contribution >= 4 is 10.0 Å². The highest BCUT2D eigenvalue weighted by Gasteiger charge is 2.38. The number of hydrogen-bond donors (Lipinski definition) is 1. The molecule has 0 amide bonds. The number of hydrogen-bond acceptors (Lipinski definition) is 7. The number of sulfonamides is 1. The predicted molar refractivity (Wildman–Crippen MR) is 146 cm³/mol. The molecule has 8 nitrogen and oxygen atoms in total. The molecule has 4 rings (SSSR count). The van der Waals surface area contributed by atoms with E-state index in [1.807, 2.05) is 32.2 Å². The predicted octanol–water partition coefficient (Wildman–Crippen LogP) is 3.71. The van der Waals surface area contributed by atoms with Crippen molar-refractivity contribution in [3.63, 3.8) is 0 Å². The molecule has 0 saturated carbocycles. The van der Waals surface area contributed by atoms with E-state index in [1.54, 1.807) is 25.1 Å². The maximum absolute atomic E-state index is 13.7. The van der Waals surface area contributed by atoms with Crippen molar-refractivity contribution in [1.29, 1.82) is 0 Å². The average Bonchev–Trinajstić information content (AvgIpc) is 3.33. The highest BCUT2D eigenvalue weighted by Crippen LogP contribution is 2.35. The molecular weight excluding hydrogens is 504 g/mol. The van der Waals surface area contributed by atoms with Gasteiger partial charge >= 0.3 is 0 Å². The van der Waals surface area contributed by atoms with Crippen molar-refractivity contribution in [2.75, 3.05) is 33.5 Å². The second kappa shape index (κ2) is 12.0. The van der Waals surface area contributed by atoms with Gasteiger partial charge < -0.3 is 19.3 Å². The molecule has 38 heavy (non-hydrogen) atoms. The summed E-state index contributed by atoms with van der Waals surface area (Å²) in [5.41, 5.74) is 1.79. The van der Waals surface area contributed by atoms with Crippen molar-refractivity contribution in [3.8, 4) is 29.1 Å². The van der Waals surface area contributed by atoms with Crippen LogP contribution in [-0.2, 0) is 16.6 Å². The number of nitrogens with zero attached hydrogens (tertiary/aromatic N) is 2. The number of likely N-dealkylation sites (N-methyl/N-ethyl adjacent to an activating group) is 1. The molecule has 2 aromatic carbocycles. The third kappa shape index (κ3) is 6.44. The van der Waals surface area contributed by atoms with Crippen LogP contribution in [0.1, 0.15) is 45.2 Å². The van der Waals surface area contributed by atoms with Crippen LogP contribution in [0, 0.1) is 23.7 Å². The molecule has 0 aliphatic carbocycles. The van der Waals surface area contributed by atoms with Crippen LogP contribution in [0.4, 0.5) is 0 Å². The molecule has 0 aromatic heterocycles. The van der Waals surface area contributed by atoms with E-state index in [1.165, 1.54) is 4.31 Å². The summed E-state index contributed by atoms with van der Waals surface area (Å²) in [5.74, 6) is 8.40. The van der Waals surface area contributed by atoms with Crippen LogP contribution < -0.4 is 14.2 Å². The van der Waals surface area contributed by atoms with Gasteiger partial charge in [-0.05, 0) is 55.8 Å². The lowest BCUT2D eigenvalue weighted by atomic mass is 10.0. The van der Waals surface area contributed by atoms with Gasteiger partial charge in [0.15, 0.2) is 11.5 Å². The molecule has 0 spiro atoms. The van der Waals surface area contributed by atoms with Crippen LogP contribution in [0.15, 0.2) is 41.3 Å². The monoisotopic (exact) mass is 542 g/mol. The number of aliphatic hydroxyl groups excluding tert-OH is 1. The molecule has 9 heteroatoms. The molecule has 0 fully saturated rings. The van der Waals surface area contributed by atoms with Crippen molar-refractivity contribution in [2.24, 2.45) is 11.8 Å². The Balaban J connectivity index is 1.63. The van der Waals surface area contributed by atoms with Crippen LogP contribution in [0.2, 0.25) is 0 Å². The van der Waals surface area contributed by atoms with Gasteiger partial charge in [-0.3, -0.25) is 4.90 Å². The van der Waals surface area contributed by atoms with Crippen molar-refractivity contribution < 1.29 is 27.7 Å². The second-order valence-electron chi connectivity index (χ2n) is 10.7. The van der Waals surface area contributed by atoms with Crippen molar-refractivity contribution in [3.05, 3.63) is 47.5 Å². The Kier molecular flexibility index (Phi) is 8.89. The van der Waals surface area contributed by atoms with Gasteiger partial charge in [0.1, 0.15) is 16.7 Å². The molecule has 0 radical (unpaired) electrons. The summed E-state index contributed by atoms with van der Waals surface area (Å²) < 4.78 is 46.1. The molecule has 2 aliphatic rings. The summed E-state index contributed by atoms with van der Waals surface area (Å²) in [7, 11) is -1.87. The molecule has 3 atom stereocenters. The summed E-state index contributed by atoms with van der Waals surface area (Å²) in [6.45, 7) is 9.35. The van der Waals surface area contributed by atoms with Crippen LogP contribution in [0.25, 0.3) is 0 Å². The quantitative estimate of drug-likeness (QED) is 0.534. The fourth-order valence-corrected chi connectivity index (χ4v) is 6.43. The summed E-state index contributed by atoms with van der Waals surface area (Å²) in [6, 6.07) is 10.4. The summed E-state index contributed by atoms with van der Waals surface area (Å²) in [6.07, 6.45) is 0.457. The zero-order chi connectivity index (χ0) is 27.4. The molecule has 0 saturated heterocycles. The fourth-order valence-electron chi connectivity index (χ4n) is 4.60. The van der Waals surface area contributed by atoms with Crippen LogP contribution in [0.5, 0.6) is 17.2 Å². The Hall–Kier alpha value is -2.77. The maximum atomic E-state index is 13.7. The second-order valence-corrected chi connectivity index (χ2v) is 12.5. The Morgan fingerprint density at radius 1 is 1.11 bits per heavy atom. The third-order valence-electron chi connectivity index (χ3n) is 6.79. The van der Waals surface area contributed by atoms with E-state index < -0.39 is 16.1 Å². The highest BCUT2D eigenvalue weighted by molar-refractivity contribution is 7.89. The standard InChI is InChI=1S/C29H38N2O6S/c1-20(2)7-6-8-23-10-12-29-27(13-23)37-28(21(3)15-31(22(4)18-32)38(29,33)34)17-30(5)16-24-9-11-25-26(14-24)36-19-35-25/h9-14,20-22,28,32H,7,15-19H2,1-5H3/t21-,22+,28-/m1/s1. The largest absolute Gasteiger partial charge is 0.487 e. The molecule has 2 aliphatic heterocycles. The van der Waals surface area contributed by atoms with Crippen molar-refractivity contribution in [1.82, 2.24) is 9.21 Å². The molecule has 206 valence electrons. The number of ether oxygens (including phenoxy) is 3. The zero-order valence-electron chi connectivity index (χ0n) is 22.8. The first-order valence-electron chi connectivity index (χ1n) is 13.1. The first-order chi connectivity index (χ1) is 18.1. The minimum atomic E-state index is -3.88. The Bertz CT molecular complexity index is 1300. The Morgan fingerprint density at radius 2 is 1.87 bits per heavy atom. The molecule has 0 unspecified atom stereocenters. The highest BCUT2D eigenvalue weighted by atomic mass is 32.2. The fraction of sp³-hybridized carbons (Fsp3) is 0.517. The van der Waals surface area contributed by atoms with Gasteiger partial charge in [-0.25, -0.2) is 8.42 Å². The molecule has 0 bridgehead atoms. The topological polar surface area (TPSA) is 88.5 Å². The van der Waals surface area contributed by atoms with Gasteiger partial charge in [0.05, 0.1) is 6.61 Å².